The van der Waals surface area contributed by atoms with Gasteiger partial charge in [0.2, 0.25) is 0 Å². The third-order valence-electron chi connectivity index (χ3n) is 3.16. The van der Waals surface area contributed by atoms with Crippen LogP contribution in [-0.4, -0.2) is 19.6 Å². The van der Waals surface area contributed by atoms with E-state index in [1.54, 1.807) is 19.2 Å². The molecule has 1 aliphatic rings. The van der Waals surface area contributed by atoms with Gasteiger partial charge in [-0.15, -0.1) is 0 Å². The second-order valence-electron chi connectivity index (χ2n) is 4.60. The van der Waals surface area contributed by atoms with E-state index in [4.69, 9.17) is 15.2 Å². The van der Waals surface area contributed by atoms with Gasteiger partial charge in [-0.05, 0) is 18.2 Å². The van der Waals surface area contributed by atoms with Crippen LogP contribution in [0.2, 0.25) is 0 Å². The highest BCUT2D eigenvalue weighted by molar-refractivity contribution is 5.97. The Balaban J connectivity index is 1.95. The molecule has 0 saturated heterocycles. The van der Waals surface area contributed by atoms with E-state index in [9.17, 15) is 4.79 Å². The van der Waals surface area contributed by atoms with Crippen LogP contribution in [0.15, 0.2) is 36.4 Å². The zero-order chi connectivity index (χ0) is 14.8. The number of rotatable bonds is 3. The lowest BCUT2D eigenvalue weighted by Gasteiger charge is -2.20. The molecule has 0 fully saturated rings. The third-order valence-corrected chi connectivity index (χ3v) is 3.16. The van der Waals surface area contributed by atoms with Gasteiger partial charge in [0.05, 0.1) is 29.9 Å². The van der Waals surface area contributed by atoms with Gasteiger partial charge < -0.3 is 25.8 Å². The third kappa shape index (κ3) is 2.55. The fraction of sp³-hybridized carbons (Fsp3) is 0.133. The Morgan fingerprint density at radius 2 is 2.10 bits per heavy atom. The van der Waals surface area contributed by atoms with E-state index < -0.39 is 0 Å². The van der Waals surface area contributed by atoms with Gasteiger partial charge in [-0.1, -0.05) is 12.1 Å². The molecule has 1 amide bonds. The highest BCUT2D eigenvalue weighted by atomic mass is 16.5. The van der Waals surface area contributed by atoms with Gasteiger partial charge in [0, 0.05) is 6.07 Å². The first-order chi connectivity index (χ1) is 10.2. The fourth-order valence-corrected chi connectivity index (χ4v) is 2.14. The molecule has 2 aromatic rings. The highest BCUT2D eigenvalue weighted by Gasteiger charge is 2.18. The van der Waals surface area contributed by atoms with E-state index in [2.05, 4.69) is 10.6 Å². The van der Waals surface area contributed by atoms with Crippen LogP contribution in [0.3, 0.4) is 0 Å². The molecular weight excluding hydrogens is 270 g/mol. The van der Waals surface area contributed by atoms with Crippen molar-refractivity contribution in [1.82, 2.24) is 0 Å². The van der Waals surface area contributed by atoms with Crippen molar-refractivity contribution in [2.45, 2.75) is 0 Å². The minimum atomic E-state index is -0.185. The summed E-state index contributed by atoms with van der Waals surface area (Å²) < 4.78 is 10.6. The van der Waals surface area contributed by atoms with E-state index in [0.717, 1.165) is 5.69 Å². The van der Waals surface area contributed by atoms with E-state index in [1.165, 1.54) is 0 Å². The van der Waals surface area contributed by atoms with Crippen LogP contribution in [0.25, 0.3) is 0 Å². The minimum absolute atomic E-state index is 0.00568. The second-order valence-corrected chi connectivity index (χ2v) is 4.60. The molecule has 21 heavy (non-hydrogen) atoms. The first kappa shape index (κ1) is 13.1. The first-order valence-corrected chi connectivity index (χ1v) is 6.43. The predicted octanol–water partition coefficient (Wildman–Crippen LogP) is 2.35. The van der Waals surface area contributed by atoms with Crippen molar-refractivity contribution in [3.05, 3.63) is 36.4 Å². The zero-order valence-electron chi connectivity index (χ0n) is 11.5. The van der Waals surface area contributed by atoms with E-state index in [-0.39, 0.29) is 12.5 Å². The Bertz CT molecular complexity index is 701. The summed E-state index contributed by atoms with van der Waals surface area (Å²) in [7, 11) is 1.60. The molecule has 0 spiro atoms. The monoisotopic (exact) mass is 285 g/mol. The van der Waals surface area contributed by atoms with Crippen LogP contribution in [0.5, 0.6) is 11.5 Å². The van der Waals surface area contributed by atoms with Gasteiger partial charge in [-0.2, -0.15) is 0 Å². The molecule has 0 aromatic heterocycles. The predicted molar refractivity (Wildman–Crippen MR) is 81.3 cm³/mol. The fourth-order valence-electron chi connectivity index (χ4n) is 2.14. The Morgan fingerprint density at radius 1 is 1.29 bits per heavy atom. The maximum Gasteiger partial charge on any atom is 0.262 e. The van der Waals surface area contributed by atoms with Crippen LogP contribution in [0, 0.1) is 0 Å². The van der Waals surface area contributed by atoms with Gasteiger partial charge in [0.25, 0.3) is 5.91 Å². The van der Waals surface area contributed by atoms with Gasteiger partial charge >= 0.3 is 0 Å². The normalized spacial score (nSPS) is 12.9. The summed E-state index contributed by atoms with van der Waals surface area (Å²) in [5.41, 5.74) is 8.60. The molecule has 0 saturated carbocycles. The van der Waals surface area contributed by atoms with Crippen molar-refractivity contribution in [2.24, 2.45) is 0 Å². The van der Waals surface area contributed by atoms with Crippen molar-refractivity contribution in [1.29, 1.82) is 0 Å². The lowest BCUT2D eigenvalue weighted by atomic mass is 10.2. The quantitative estimate of drug-likeness (QED) is 0.754. The van der Waals surface area contributed by atoms with E-state index in [0.29, 0.717) is 28.6 Å². The molecule has 0 radical (unpaired) electrons. The number of ether oxygens (including phenoxy) is 2. The number of carbonyl (C=O) groups is 1. The smallest absolute Gasteiger partial charge is 0.262 e. The topological polar surface area (TPSA) is 85.6 Å². The molecule has 1 aliphatic heterocycles. The van der Waals surface area contributed by atoms with Crippen molar-refractivity contribution in [2.75, 3.05) is 30.1 Å². The minimum Gasteiger partial charge on any atom is -0.495 e. The van der Waals surface area contributed by atoms with Gasteiger partial charge in [-0.25, -0.2) is 0 Å². The van der Waals surface area contributed by atoms with Crippen LogP contribution in [0.1, 0.15) is 0 Å². The number of fused-ring (bicyclic) bond motifs is 1. The van der Waals surface area contributed by atoms with Crippen LogP contribution < -0.4 is 25.8 Å². The largest absolute Gasteiger partial charge is 0.495 e. The van der Waals surface area contributed by atoms with Crippen LogP contribution >= 0.6 is 0 Å². The molecule has 6 nitrogen and oxygen atoms in total. The summed E-state index contributed by atoms with van der Waals surface area (Å²) in [5.74, 6) is 1.09. The number of nitrogen functional groups attached to an aromatic ring is 1. The number of nitrogens with two attached hydrogens (primary N) is 1. The molecule has 0 unspecified atom stereocenters. The zero-order valence-corrected chi connectivity index (χ0v) is 11.5. The first-order valence-electron chi connectivity index (χ1n) is 6.43. The maximum atomic E-state index is 11.4. The number of carbonyl (C=O) groups excluding carboxylic acids is 1. The number of para-hydroxylation sites is 2. The van der Waals surface area contributed by atoms with E-state index >= 15 is 0 Å². The summed E-state index contributed by atoms with van der Waals surface area (Å²) >= 11 is 0. The summed E-state index contributed by atoms with van der Waals surface area (Å²) in [6.07, 6.45) is 0. The lowest BCUT2D eigenvalue weighted by molar-refractivity contribution is -0.118. The Hall–Kier alpha value is -2.89. The number of nitrogens with one attached hydrogen (secondary N) is 2. The molecule has 0 atom stereocenters. The summed E-state index contributed by atoms with van der Waals surface area (Å²) in [6, 6.07) is 10.9. The summed E-state index contributed by atoms with van der Waals surface area (Å²) in [4.78, 5) is 11.4. The van der Waals surface area contributed by atoms with Gasteiger partial charge in [0.15, 0.2) is 6.61 Å². The maximum absolute atomic E-state index is 11.4. The SMILES string of the molecule is COc1ccccc1Nc1cc2c(cc1N)OCC(=O)N2. The number of benzene rings is 2. The van der Waals surface area contributed by atoms with Gasteiger partial charge in [0.1, 0.15) is 11.5 Å². The molecule has 0 bridgehead atoms. The molecule has 3 rings (SSSR count). The second kappa shape index (κ2) is 5.24. The molecular formula is C15H15N3O3. The van der Waals surface area contributed by atoms with Crippen LogP contribution in [0.4, 0.5) is 22.7 Å². The lowest BCUT2D eigenvalue weighted by Crippen LogP contribution is -2.25. The van der Waals surface area contributed by atoms with Gasteiger partial charge in [-0.3, -0.25) is 4.79 Å². The average molecular weight is 285 g/mol. The number of methoxy groups -OCH3 is 1. The molecule has 6 heteroatoms. The number of amides is 1. The Labute approximate surface area is 121 Å². The standard InChI is InChI=1S/C15H15N3O3/c1-20-13-5-3-2-4-10(13)17-11-7-12-14(6-9(11)16)21-8-15(19)18-12/h2-7,17H,8,16H2,1H3,(H,18,19). The van der Waals surface area contributed by atoms with Crippen LogP contribution in [-0.2, 0) is 4.79 Å². The summed E-state index contributed by atoms with van der Waals surface area (Å²) in [5, 5.41) is 5.95. The Morgan fingerprint density at radius 3 is 2.90 bits per heavy atom. The number of hydrogen-bond donors (Lipinski definition) is 3. The number of anilines is 4. The van der Waals surface area contributed by atoms with Crippen molar-refractivity contribution >= 4 is 28.7 Å². The molecule has 0 aliphatic carbocycles. The number of hydrogen-bond acceptors (Lipinski definition) is 5. The highest BCUT2D eigenvalue weighted by Crippen LogP contribution is 2.37. The molecule has 108 valence electrons. The van der Waals surface area contributed by atoms with Crippen molar-refractivity contribution in [3.63, 3.8) is 0 Å². The molecule has 2 aromatic carbocycles. The van der Waals surface area contributed by atoms with Crippen molar-refractivity contribution < 1.29 is 14.3 Å². The average Bonchev–Trinajstić information content (AvgIpc) is 2.49. The summed E-state index contributed by atoms with van der Waals surface area (Å²) in [6.45, 7) is 0.00568. The Kier molecular flexibility index (Phi) is 3.27. The van der Waals surface area contributed by atoms with Crippen molar-refractivity contribution in [3.8, 4) is 11.5 Å². The molecule has 1 heterocycles. The van der Waals surface area contributed by atoms with E-state index in [1.807, 2.05) is 24.3 Å². The molecule has 4 N–H and O–H groups in total.